The van der Waals surface area contributed by atoms with Crippen molar-refractivity contribution in [2.45, 2.75) is 53.4 Å². The lowest BCUT2D eigenvalue weighted by Gasteiger charge is -2.10. The van der Waals surface area contributed by atoms with Crippen LogP contribution in [0.15, 0.2) is 12.3 Å². The zero-order valence-electron chi connectivity index (χ0n) is 14.5. The van der Waals surface area contributed by atoms with Gasteiger partial charge in [0, 0.05) is 11.5 Å². The monoisotopic (exact) mass is 312 g/mol. The number of rotatable bonds is 3. The average Bonchev–Trinajstić information content (AvgIpc) is 3.30. The predicted molar refractivity (Wildman–Crippen MR) is 92.3 cm³/mol. The van der Waals surface area contributed by atoms with Gasteiger partial charge in [0.15, 0.2) is 11.5 Å². The van der Waals surface area contributed by atoms with Crippen molar-refractivity contribution < 1.29 is 4.79 Å². The smallest absolute Gasteiger partial charge is 0.228 e. The van der Waals surface area contributed by atoms with Crippen molar-refractivity contribution in [1.82, 2.24) is 14.6 Å². The van der Waals surface area contributed by atoms with Gasteiger partial charge in [-0.05, 0) is 37.7 Å². The number of carbonyl (C=O) groups excluding carboxylic acids is 1. The van der Waals surface area contributed by atoms with Gasteiger partial charge in [-0.3, -0.25) is 4.79 Å². The molecule has 5 heteroatoms. The summed E-state index contributed by atoms with van der Waals surface area (Å²) in [6, 6.07) is 1.91. The van der Waals surface area contributed by atoms with Crippen LogP contribution >= 0.6 is 0 Å². The van der Waals surface area contributed by atoms with Crippen LogP contribution in [0.5, 0.6) is 0 Å². The summed E-state index contributed by atoms with van der Waals surface area (Å²) in [4.78, 5) is 16.4. The van der Waals surface area contributed by atoms with Crippen LogP contribution in [0.2, 0.25) is 0 Å². The molecule has 5 nitrogen and oxygen atoms in total. The number of fused-ring (bicyclic) bond motifs is 1. The number of amides is 1. The quantitative estimate of drug-likeness (QED) is 0.881. The number of nitrogens with zero attached hydrogens (tertiary/aromatic N) is 3. The lowest BCUT2D eigenvalue weighted by atomic mass is 10.1. The van der Waals surface area contributed by atoms with Gasteiger partial charge < -0.3 is 5.32 Å². The molecule has 3 rings (SSSR count). The number of anilines is 1. The van der Waals surface area contributed by atoms with E-state index in [-0.39, 0.29) is 17.7 Å². The Kier molecular flexibility index (Phi) is 5.38. The summed E-state index contributed by atoms with van der Waals surface area (Å²) in [6.45, 7) is 9.98. The minimum atomic E-state index is 0.0604. The fraction of sp³-hybridized carbons (Fsp3) is 0.500. The molecule has 23 heavy (non-hydrogen) atoms. The Morgan fingerprint density at radius 2 is 2.09 bits per heavy atom. The van der Waals surface area contributed by atoms with Gasteiger partial charge >= 0.3 is 0 Å². The number of hydrogen-bond acceptors (Lipinski definition) is 3. The van der Waals surface area contributed by atoms with E-state index in [1.54, 1.807) is 17.6 Å². The van der Waals surface area contributed by atoms with E-state index in [2.05, 4.69) is 41.1 Å². The van der Waals surface area contributed by atoms with E-state index in [1.165, 1.54) is 0 Å². The molecule has 0 aromatic carbocycles. The summed E-state index contributed by atoms with van der Waals surface area (Å²) in [6.07, 6.45) is 3.75. The van der Waals surface area contributed by atoms with Crippen molar-refractivity contribution in [2.24, 2.45) is 5.92 Å². The van der Waals surface area contributed by atoms with Crippen LogP contribution in [0.3, 0.4) is 0 Å². The lowest BCUT2D eigenvalue weighted by Crippen LogP contribution is -2.16. The summed E-state index contributed by atoms with van der Waals surface area (Å²) in [5.74, 6) is 6.87. The molecule has 122 valence electrons. The highest BCUT2D eigenvalue weighted by molar-refractivity contribution is 5.93. The molecular formula is C18H24N4O. The van der Waals surface area contributed by atoms with Crippen LogP contribution in [0.25, 0.3) is 5.65 Å². The van der Waals surface area contributed by atoms with Crippen LogP contribution in [0.1, 0.15) is 64.6 Å². The zero-order chi connectivity index (χ0) is 17.0. The first-order valence-electron chi connectivity index (χ1n) is 8.22. The summed E-state index contributed by atoms with van der Waals surface area (Å²) >= 11 is 0. The normalized spacial score (nSPS) is 13.1. The molecule has 0 saturated heterocycles. The molecule has 0 aliphatic heterocycles. The van der Waals surface area contributed by atoms with Gasteiger partial charge in [0.1, 0.15) is 5.69 Å². The van der Waals surface area contributed by atoms with Crippen LogP contribution in [0, 0.1) is 17.8 Å². The van der Waals surface area contributed by atoms with E-state index in [0.717, 1.165) is 24.1 Å². The molecule has 2 aromatic heterocycles. The first-order valence-corrected chi connectivity index (χ1v) is 8.22. The number of aromatic nitrogens is 3. The topological polar surface area (TPSA) is 59.3 Å². The Bertz CT molecular complexity index is 760. The molecule has 0 bridgehead atoms. The molecule has 1 N–H and O–H groups in total. The van der Waals surface area contributed by atoms with Crippen LogP contribution in [-0.2, 0) is 4.79 Å². The second kappa shape index (κ2) is 7.28. The zero-order valence-corrected chi connectivity index (χ0v) is 14.5. The Labute approximate surface area is 137 Å². The van der Waals surface area contributed by atoms with E-state index < -0.39 is 0 Å². The van der Waals surface area contributed by atoms with E-state index >= 15 is 0 Å². The Morgan fingerprint density at radius 1 is 1.39 bits per heavy atom. The second-order valence-corrected chi connectivity index (χ2v) is 5.67. The highest BCUT2D eigenvalue weighted by Crippen LogP contribution is 2.30. The largest absolute Gasteiger partial charge is 0.309 e. The van der Waals surface area contributed by atoms with E-state index in [1.807, 2.05) is 19.9 Å². The standard InChI is InChI=1S/C16H18N4O.C2H6/c1-4-5-12-9-20-15(17-12)13(10(2)3)8-14(19-20)18-16(21)11-6-7-11;1-2/h8-11H,6-7H2,1-3H3,(H,18,19,21);1-2H3. The average molecular weight is 312 g/mol. The van der Waals surface area contributed by atoms with Crippen molar-refractivity contribution in [1.29, 1.82) is 0 Å². The molecule has 1 aliphatic carbocycles. The van der Waals surface area contributed by atoms with Crippen molar-refractivity contribution >= 4 is 17.4 Å². The molecule has 1 amide bonds. The summed E-state index contributed by atoms with van der Waals surface area (Å²) in [7, 11) is 0. The summed E-state index contributed by atoms with van der Waals surface area (Å²) in [5, 5.41) is 7.32. The molecule has 1 saturated carbocycles. The number of hydrogen-bond donors (Lipinski definition) is 1. The van der Waals surface area contributed by atoms with Gasteiger partial charge in [-0.1, -0.05) is 33.6 Å². The third-order valence-electron chi connectivity index (χ3n) is 3.53. The number of nitrogens with one attached hydrogen (secondary N) is 1. The molecule has 0 atom stereocenters. The molecule has 1 aliphatic rings. The van der Waals surface area contributed by atoms with Crippen molar-refractivity contribution in [3.05, 3.63) is 23.5 Å². The van der Waals surface area contributed by atoms with Gasteiger partial charge in [-0.2, -0.15) is 0 Å². The fourth-order valence-corrected chi connectivity index (χ4v) is 2.25. The minimum Gasteiger partial charge on any atom is -0.309 e. The lowest BCUT2D eigenvalue weighted by molar-refractivity contribution is -0.117. The number of carbonyl (C=O) groups is 1. The maximum Gasteiger partial charge on any atom is 0.228 e. The van der Waals surface area contributed by atoms with Gasteiger partial charge in [-0.25, -0.2) is 9.50 Å². The number of imidazole rings is 1. The molecule has 0 spiro atoms. The molecule has 0 unspecified atom stereocenters. The van der Waals surface area contributed by atoms with Gasteiger partial charge in [0.25, 0.3) is 0 Å². The highest BCUT2D eigenvalue weighted by atomic mass is 16.2. The van der Waals surface area contributed by atoms with E-state index in [0.29, 0.717) is 11.5 Å². The van der Waals surface area contributed by atoms with Crippen LogP contribution < -0.4 is 5.32 Å². The van der Waals surface area contributed by atoms with E-state index in [4.69, 9.17) is 0 Å². The van der Waals surface area contributed by atoms with Gasteiger partial charge in [0.2, 0.25) is 5.91 Å². The predicted octanol–water partition coefficient (Wildman–Crippen LogP) is 3.60. The Hall–Kier alpha value is -2.35. The van der Waals surface area contributed by atoms with Crippen molar-refractivity contribution in [2.75, 3.05) is 5.32 Å². The fourth-order valence-electron chi connectivity index (χ4n) is 2.25. The maximum absolute atomic E-state index is 11.9. The van der Waals surface area contributed by atoms with Gasteiger partial charge in [0.05, 0.1) is 6.20 Å². The van der Waals surface area contributed by atoms with Crippen molar-refractivity contribution in [3.8, 4) is 11.8 Å². The minimum absolute atomic E-state index is 0.0604. The first kappa shape index (κ1) is 17.0. The van der Waals surface area contributed by atoms with Crippen molar-refractivity contribution in [3.63, 3.8) is 0 Å². The third-order valence-corrected chi connectivity index (χ3v) is 3.53. The molecule has 2 aromatic rings. The first-order chi connectivity index (χ1) is 11.1. The highest BCUT2D eigenvalue weighted by Gasteiger charge is 2.30. The Morgan fingerprint density at radius 3 is 2.65 bits per heavy atom. The molecule has 2 heterocycles. The molecule has 1 fully saturated rings. The maximum atomic E-state index is 11.9. The molecular weight excluding hydrogens is 288 g/mol. The van der Waals surface area contributed by atoms with Crippen LogP contribution in [0.4, 0.5) is 5.82 Å². The summed E-state index contributed by atoms with van der Waals surface area (Å²) in [5.41, 5.74) is 2.55. The summed E-state index contributed by atoms with van der Waals surface area (Å²) < 4.78 is 1.71. The molecule has 0 radical (unpaired) electrons. The third kappa shape index (κ3) is 3.89. The second-order valence-electron chi connectivity index (χ2n) is 5.67. The van der Waals surface area contributed by atoms with Gasteiger partial charge in [-0.15, -0.1) is 5.10 Å². The van der Waals surface area contributed by atoms with Crippen LogP contribution in [-0.4, -0.2) is 20.5 Å². The Balaban J connectivity index is 0.000000924. The van der Waals surface area contributed by atoms with E-state index in [9.17, 15) is 4.79 Å². The SMILES string of the molecule is CC.CC#Cc1cn2nc(NC(=O)C3CC3)cc(C(C)C)c2n1.